The second-order valence-corrected chi connectivity index (χ2v) is 4.75. The predicted octanol–water partition coefficient (Wildman–Crippen LogP) is 2.89. The summed E-state index contributed by atoms with van der Waals surface area (Å²) in [5.41, 5.74) is 0.352. The van der Waals surface area contributed by atoms with Crippen molar-refractivity contribution in [3.05, 3.63) is 35.1 Å². The fourth-order valence-electron chi connectivity index (χ4n) is 2.16. The van der Waals surface area contributed by atoms with E-state index in [0.717, 1.165) is 12.8 Å². The minimum atomic E-state index is -0.863. The molecule has 1 unspecified atom stereocenters. The summed E-state index contributed by atoms with van der Waals surface area (Å²) in [6.07, 6.45) is 1.89. The highest BCUT2D eigenvalue weighted by atomic mass is 19.1. The summed E-state index contributed by atoms with van der Waals surface area (Å²) >= 11 is 0. The smallest absolute Gasteiger partial charge is 0.314 e. The highest BCUT2D eigenvalue weighted by Gasteiger charge is 2.48. The Hall–Kier alpha value is -1.38. The summed E-state index contributed by atoms with van der Waals surface area (Å²) in [7, 11) is 0. The molecular weight excluding hydrogens is 207 g/mol. The molecule has 1 aliphatic carbocycles. The van der Waals surface area contributed by atoms with Crippen LogP contribution in [0.4, 0.5) is 4.39 Å². The first-order chi connectivity index (χ1) is 7.46. The minimum absolute atomic E-state index is 0.190. The number of carbonyl (C=O) groups is 1. The Morgan fingerprint density at radius 2 is 2.12 bits per heavy atom. The SMILES string of the molecule is Cc1cc(C(C)(C(=O)O)C2CC2)ccc1F. The van der Waals surface area contributed by atoms with Gasteiger partial charge in [0.15, 0.2) is 0 Å². The van der Waals surface area contributed by atoms with Crippen molar-refractivity contribution in [1.29, 1.82) is 0 Å². The Kier molecular flexibility index (Phi) is 2.49. The van der Waals surface area contributed by atoms with Crippen molar-refractivity contribution < 1.29 is 14.3 Å². The summed E-state index contributed by atoms with van der Waals surface area (Å²) in [5.74, 6) is -0.914. The third kappa shape index (κ3) is 1.60. The van der Waals surface area contributed by atoms with Gasteiger partial charge in [0, 0.05) is 0 Å². The molecule has 0 bridgehead atoms. The van der Waals surface area contributed by atoms with Gasteiger partial charge in [-0.25, -0.2) is 4.39 Å². The molecule has 86 valence electrons. The van der Waals surface area contributed by atoms with Crippen LogP contribution in [-0.2, 0) is 10.2 Å². The van der Waals surface area contributed by atoms with Crippen LogP contribution in [0.25, 0.3) is 0 Å². The number of carboxylic acids is 1. The number of aryl methyl sites for hydroxylation is 1. The quantitative estimate of drug-likeness (QED) is 0.853. The molecule has 16 heavy (non-hydrogen) atoms. The van der Waals surface area contributed by atoms with Gasteiger partial charge >= 0.3 is 5.97 Å². The molecule has 1 atom stereocenters. The van der Waals surface area contributed by atoms with E-state index in [1.54, 1.807) is 26.0 Å². The molecular formula is C13H15FO2. The molecule has 0 spiro atoms. The molecule has 3 heteroatoms. The van der Waals surface area contributed by atoms with Crippen molar-refractivity contribution in [2.24, 2.45) is 5.92 Å². The molecule has 0 aliphatic heterocycles. The van der Waals surface area contributed by atoms with Crippen molar-refractivity contribution in [2.75, 3.05) is 0 Å². The van der Waals surface area contributed by atoms with Gasteiger partial charge in [-0.15, -0.1) is 0 Å². The van der Waals surface area contributed by atoms with E-state index >= 15 is 0 Å². The van der Waals surface area contributed by atoms with E-state index in [9.17, 15) is 14.3 Å². The van der Waals surface area contributed by atoms with E-state index in [1.165, 1.54) is 6.07 Å². The van der Waals surface area contributed by atoms with E-state index in [0.29, 0.717) is 11.1 Å². The highest BCUT2D eigenvalue weighted by Crippen LogP contribution is 2.47. The second kappa shape index (κ2) is 3.58. The van der Waals surface area contributed by atoms with Gasteiger partial charge in [0.05, 0.1) is 5.41 Å². The van der Waals surface area contributed by atoms with Crippen LogP contribution in [0.2, 0.25) is 0 Å². The van der Waals surface area contributed by atoms with Gasteiger partial charge in [0.1, 0.15) is 5.82 Å². The first-order valence-corrected chi connectivity index (χ1v) is 5.46. The van der Waals surface area contributed by atoms with Crippen LogP contribution >= 0.6 is 0 Å². The lowest BCUT2D eigenvalue weighted by molar-refractivity contribution is -0.144. The maximum Gasteiger partial charge on any atom is 0.314 e. The van der Waals surface area contributed by atoms with E-state index < -0.39 is 11.4 Å². The first kappa shape index (κ1) is 11.1. The highest BCUT2D eigenvalue weighted by molar-refractivity contribution is 5.82. The molecule has 1 aromatic rings. The molecule has 2 rings (SSSR count). The van der Waals surface area contributed by atoms with Crippen molar-refractivity contribution in [2.45, 2.75) is 32.1 Å². The number of halogens is 1. The summed E-state index contributed by atoms with van der Waals surface area (Å²) in [5, 5.41) is 9.36. The number of hydrogen-bond donors (Lipinski definition) is 1. The van der Waals surface area contributed by atoms with Gasteiger partial charge in [0.2, 0.25) is 0 Å². The molecule has 1 N–H and O–H groups in total. The van der Waals surface area contributed by atoms with Gasteiger partial charge in [-0.05, 0) is 49.8 Å². The molecule has 2 nitrogen and oxygen atoms in total. The minimum Gasteiger partial charge on any atom is -0.481 e. The average Bonchev–Trinajstić information content (AvgIpc) is 3.04. The standard InChI is InChI=1S/C13H15FO2/c1-8-7-10(5-6-11(8)14)13(2,12(15)16)9-3-4-9/h5-7,9H,3-4H2,1-2H3,(H,15,16). The molecule has 0 heterocycles. The van der Waals surface area contributed by atoms with Crippen LogP contribution < -0.4 is 0 Å². The largest absolute Gasteiger partial charge is 0.481 e. The van der Waals surface area contributed by atoms with Gasteiger partial charge in [-0.1, -0.05) is 12.1 Å². The van der Waals surface area contributed by atoms with Gasteiger partial charge in [-0.3, -0.25) is 4.79 Å². The maximum atomic E-state index is 13.2. The number of aliphatic carboxylic acids is 1. The Bertz CT molecular complexity index is 438. The Morgan fingerprint density at radius 1 is 1.50 bits per heavy atom. The number of benzene rings is 1. The van der Waals surface area contributed by atoms with E-state index in [2.05, 4.69) is 0 Å². The van der Waals surface area contributed by atoms with Crippen LogP contribution in [0, 0.1) is 18.7 Å². The van der Waals surface area contributed by atoms with E-state index in [4.69, 9.17) is 0 Å². The van der Waals surface area contributed by atoms with Crippen LogP contribution in [-0.4, -0.2) is 11.1 Å². The fraction of sp³-hybridized carbons (Fsp3) is 0.462. The lowest BCUT2D eigenvalue weighted by atomic mass is 9.77. The van der Waals surface area contributed by atoms with Crippen LogP contribution in [0.3, 0.4) is 0 Å². The monoisotopic (exact) mass is 222 g/mol. The van der Waals surface area contributed by atoms with Gasteiger partial charge in [0.25, 0.3) is 0 Å². The molecule has 0 saturated heterocycles. The number of hydrogen-bond acceptors (Lipinski definition) is 1. The van der Waals surface area contributed by atoms with Crippen molar-refractivity contribution in [3.8, 4) is 0 Å². The van der Waals surface area contributed by atoms with E-state index in [1.807, 2.05) is 0 Å². The summed E-state index contributed by atoms with van der Waals surface area (Å²) in [4.78, 5) is 11.4. The number of carboxylic acid groups (broad SMARTS) is 1. The molecule has 0 radical (unpaired) electrons. The summed E-state index contributed by atoms with van der Waals surface area (Å²) < 4.78 is 13.2. The third-order valence-corrected chi connectivity index (χ3v) is 3.60. The van der Waals surface area contributed by atoms with Crippen molar-refractivity contribution >= 4 is 5.97 Å². The van der Waals surface area contributed by atoms with Crippen LogP contribution in [0.15, 0.2) is 18.2 Å². The first-order valence-electron chi connectivity index (χ1n) is 5.46. The summed E-state index contributed by atoms with van der Waals surface area (Å²) in [6.45, 7) is 3.40. The fourth-order valence-corrected chi connectivity index (χ4v) is 2.16. The van der Waals surface area contributed by atoms with Crippen molar-refractivity contribution in [1.82, 2.24) is 0 Å². The molecule has 0 aromatic heterocycles. The maximum absolute atomic E-state index is 13.2. The Morgan fingerprint density at radius 3 is 2.56 bits per heavy atom. The lowest BCUT2D eigenvalue weighted by Crippen LogP contribution is -2.34. The Balaban J connectivity index is 2.47. The molecule has 1 aliphatic rings. The van der Waals surface area contributed by atoms with E-state index in [-0.39, 0.29) is 11.7 Å². The zero-order valence-corrected chi connectivity index (χ0v) is 9.46. The van der Waals surface area contributed by atoms with Crippen LogP contribution in [0.5, 0.6) is 0 Å². The zero-order valence-electron chi connectivity index (χ0n) is 9.46. The van der Waals surface area contributed by atoms with Crippen LogP contribution in [0.1, 0.15) is 30.9 Å². The number of rotatable bonds is 3. The lowest BCUT2D eigenvalue weighted by Gasteiger charge is -2.25. The van der Waals surface area contributed by atoms with Crippen molar-refractivity contribution in [3.63, 3.8) is 0 Å². The third-order valence-electron chi connectivity index (χ3n) is 3.60. The molecule has 1 aromatic carbocycles. The van der Waals surface area contributed by atoms with Gasteiger partial charge in [-0.2, -0.15) is 0 Å². The summed E-state index contributed by atoms with van der Waals surface area (Å²) in [6, 6.07) is 4.60. The topological polar surface area (TPSA) is 37.3 Å². The average molecular weight is 222 g/mol. The predicted molar refractivity (Wildman–Crippen MR) is 58.8 cm³/mol. The normalized spacial score (nSPS) is 19.2. The van der Waals surface area contributed by atoms with Gasteiger partial charge < -0.3 is 5.11 Å². The molecule has 1 saturated carbocycles. The zero-order chi connectivity index (χ0) is 11.9. The Labute approximate surface area is 94.1 Å². The second-order valence-electron chi connectivity index (χ2n) is 4.75. The molecule has 1 fully saturated rings. The molecule has 0 amide bonds.